The maximum atomic E-state index is 12.6. The second-order valence-corrected chi connectivity index (χ2v) is 7.48. The molecule has 0 bridgehead atoms. The summed E-state index contributed by atoms with van der Waals surface area (Å²) >= 11 is 0. The molecule has 152 valence electrons. The zero-order valence-electron chi connectivity index (χ0n) is 16.4. The number of aliphatic hydroxyl groups excluding tert-OH is 1. The zero-order chi connectivity index (χ0) is 20.5. The Morgan fingerprint density at radius 3 is 2.67 bits per heavy atom. The van der Waals surface area contributed by atoms with Crippen LogP contribution in [0.15, 0.2) is 59.2 Å². The average Bonchev–Trinajstić information content (AvgIpc) is 3.44. The van der Waals surface area contributed by atoms with Crippen LogP contribution in [0.1, 0.15) is 24.1 Å². The van der Waals surface area contributed by atoms with E-state index in [4.69, 9.17) is 4.42 Å². The van der Waals surface area contributed by atoms with Crippen LogP contribution >= 0.6 is 0 Å². The Bertz CT molecular complexity index is 1130. The highest BCUT2D eigenvalue weighted by molar-refractivity contribution is 6.10. The van der Waals surface area contributed by atoms with E-state index in [0.717, 1.165) is 41.3 Å². The number of amides is 1. The molecule has 1 amide bonds. The van der Waals surface area contributed by atoms with Crippen LogP contribution in [-0.4, -0.2) is 29.1 Å². The van der Waals surface area contributed by atoms with E-state index >= 15 is 0 Å². The van der Waals surface area contributed by atoms with Gasteiger partial charge >= 0.3 is 0 Å². The fourth-order valence-electron chi connectivity index (χ4n) is 3.89. The molecule has 7 nitrogen and oxygen atoms in total. The van der Waals surface area contributed by atoms with Gasteiger partial charge in [0.2, 0.25) is 5.89 Å². The summed E-state index contributed by atoms with van der Waals surface area (Å²) in [7, 11) is 0. The van der Waals surface area contributed by atoms with Gasteiger partial charge in [0.25, 0.3) is 5.91 Å². The van der Waals surface area contributed by atoms with Crippen molar-refractivity contribution in [3.63, 3.8) is 0 Å². The Morgan fingerprint density at radius 2 is 1.87 bits per heavy atom. The predicted molar refractivity (Wildman–Crippen MR) is 116 cm³/mol. The molecule has 2 aliphatic rings. The molecule has 3 N–H and O–H groups in total. The first-order valence-electron chi connectivity index (χ1n) is 10.0. The molecule has 7 heteroatoms. The van der Waals surface area contributed by atoms with Gasteiger partial charge in [-0.25, -0.2) is 4.98 Å². The van der Waals surface area contributed by atoms with Gasteiger partial charge in [-0.15, -0.1) is 0 Å². The van der Waals surface area contributed by atoms with Crippen LogP contribution in [0.4, 0.5) is 17.1 Å². The molecular formula is C23H22N4O3. The summed E-state index contributed by atoms with van der Waals surface area (Å²) in [4.78, 5) is 19.2. The summed E-state index contributed by atoms with van der Waals surface area (Å²) in [6.45, 7) is 1.93. The predicted octanol–water partition coefficient (Wildman–Crippen LogP) is 3.84. The van der Waals surface area contributed by atoms with Crippen molar-refractivity contribution in [2.24, 2.45) is 0 Å². The van der Waals surface area contributed by atoms with Gasteiger partial charge in [0.05, 0.1) is 23.7 Å². The van der Waals surface area contributed by atoms with E-state index in [9.17, 15) is 9.90 Å². The minimum absolute atomic E-state index is 0.174. The average molecular weight is 402 g/mol. The van der Waals surface area contributed by atoms with E-state index in [0.29, 0.717) is 17.3 Å². The van der Waals surface area contributed by atoms with Gasteiger partial charge in [0, 0.05) is 30.4 Å². The quantitative estimate of drug-likeness (QED) is 0.614. The minimum Gasteiger partial charge on any atom is -0.444 e. The van der Waals surface area contributed by atoms with Crippen molar-refractivity contribution in [3.05, 3.63) is 66.1 Å². The molecule has 1 fully saturated rings. The zero-order valence-corrected chi connectivity index (χ0v) is 16.4. The van der Waals surface area contributed by atoms with Crippen LogP contribution in [-0.2, 0) is 11.4 Å². The fraction of sp³-hybridized carbons (Fsp3) is 0.217. The molecular weight excluding hydrogens is 380 g/mol. The fourth-order valence-corrected chi connectivity index (χ4v) is 3.89. The van der Waals surface area contributed by atoms with Gasteiger partial charge in [0.1, 0.15) is 12.0 Å². The van der Waals surface area contributed by atoms with Gasteiger partial charge in [-0.05, 0) is 48.7 Å². The van der Waals surface area contributed by atoms with Gasteiger partial charge in [-0.1, -0.05) is 12.1 Å². The van der Waals surface area contributed by atoms with Crippen molar-refractivity contribution >= 4 is 28.7 Å². The highest BCUT2D eigenvalue weighted by atomic mass is 16.3. The molecule has 0 radical (unpaired) electrons. The molecule has 0 saturated carbocycles. The van der Waals surface area contributed by atoms with Crippen molar-refractivity contribution in [2.45, 2.75) is 19.4 Å². The van der Waals surface area contributed by atoms with Gasteiger partial charge in [-0.3, -0.25) is 4.79 Å². The largest absolute Gasteiger partial charge is 0.444 e. The molecule has 0 atom stereocenters. The van der Waals surface area contributed by atoms with Crippen molar-refractivity contribution in [2.75, 3.05) is 28.6 Å². The number of nitrogens with one attached hydrogen (secondary N) is 2. The minimum atomic E-state index is -0.182. The molecule has 2 aromatic carbocycles. The molecule has 5 rings (SSSR count). The third kappa shape index (κ3) is 3.55. The maximum Gasteiger partial charge on any atom is 0.250 e. The van der Waals surface area contributed by atoms with Crippen molar-refractivity contribution in [1.82, 2.24) is 4.98 Å². The molecule has 0 aliphatic carbocycles. The van der Waals surface area contributed by atoms with Crippen LogP contribution in [0.2, 0.25) is 0 Å². The van der Waals surface area contributed by atoms with Crippen molar-refractivity contribution in [3.8, 4) is 11.5 Å². The number of carbonyl (C=O) groups is 1. The molecule has 3 heterocycles. The number of hydrogen-bond acceptors (Lipinski definition) is 6. The van der Waals surface area contributed by atoms with E-state index < -0.39 is 0 Å². The Labute approximate surface area is 174 Å². The van der Waals surface area contributed by atoms with Crippen LogP contribution in [0.25, 0.3) is 17.2 Å². The Kier molecular flexibility index (Phi) is 4.72. The Balaban J connectivity index is 1.45. The van der Waals surface area contributed by atoms with Gasteiger partial charge < -0.3 is 25.1 Å². The monoisotopic (exact) mass is 402 g/mol. The summed E-state index contributed by atoms with van der Waals surface area (Å²) in [5.41, 5.74) is 5.51. The molecule has 30 heavy (non-hydrogen) atoms. The molecule has 2 aliphatic heterocycles. The molecule has 3 aromatic rings. The SMILES string of the molecule is O=C1C=C(c2cccc(-c3nc(CO)co3)c2)Nc2ccc(N3CCCC3)cc2N1. The van der Waals surface area contributed by atoms with Crippen molar-refractivity contribution in [1.29, 1.82) is 0 Å². The summed E-state index contributed by atoms with van der Waals surface area (Å²) in [6.07, 6.45) is 5.40. The highest BCUT2D eigenvalue weighted by Gasteiger charge is 2.19. The standard InChI is InChI=1S/C23H22N4O3/c28-13-17-14-30-23(24-17)16-5-3-4-15(10-16)20-12-22(29)26-21-11-18(6-7-19(21)25-20)27-8-1-2-9-27/h3-7,10-12,14,25,28H,1-2,8-9,13H2,(H,26,29). The van der Waals surface area contributed by atoms with E-state index in [2.05, 4.69) is 26.6 Å². The maximum absolute atomic E-state index is 12.6. The second-order valence-electron chi connectivity index (χ2n) is 7.48. The molecule has 1 saturated heterocycles. The van der Waals surface area contributed by atoms with Crippen LogP contribution < -0.4 is 15.5 Å². The Hall–Kier alpha value is -3.58. The number of oxazole rings is 1. The van der Waals surface area contributed by atoms with Crippen LogP contribution in [0.3, 0.4) is 0 Å². The van der Waals surface area contributed by atoms with E-state index in [-0.39, 0.29) is 12.5 Å². The third-order valence-corrected chi connectivity index (χ3v) is 5.41. The number of anilines is 3. The number of aliphatic hydroxyl groups is 1. The number of nitrogens with zero attached hydrogens (tertiary/aromatic N) is 2. The number of carbonyl (C=O) groups excluding carboxylic acids is 1. The van der Waals surface area contributed by atoms with Gasteiger partial charge in [-0.2, -0.15) is 0 Å². The smallest absolute Gasteiger partial charge is 0.250 e. The normalized spacial score (nSPS) is 15.8. The lowest BCUT2D eigenvalue weighted by Gasteiger charge is -2.20. The first-order valence-corrected chi connectivity index (χ1v) is 10.0. The summed E-state index contributed by atoms with van der Waals surface area (Å²) in [5, 5.41) is 15.6. The number of benzene rings is 2. The number of hydrogen-bond donors (Lipinski definition) is 3. The van der Waals surface area contributed by atoms with E-state index in [1.165, 1.54) is 19.1 Å². The van der Waals surface area contributed by atoms with Gasteiger partial charge in [0.15, 0.2) is 0 Å². The molecule has 1 aromatic heterocycles. The lowest BCUT2D eigenvalue weighted by Crippen LogP contribution is -2.18. The molecule has 0 unspecified atom stereocenters. The third-order valence-electron chi connectivity index (χ3n) is 5.41. The summed E-state index contributed by atoms with van der Waals surface area (Å²) in [5.74, 6) is 0.245. The highest BCUT2D eigenvalue weighted by Crippen LogP contribution is 2.34. The number of rotatable bonds is 4. The van der Waals surface area contributed by atoms with Crippen LogP contribution in [0, 0.1) is 0 Å². The summed E-state index contributed by atoms with van der Waals surface area (Å²) in [6, 6.07) is 13.7. The number of fused-ring (bicyclic) bond motifs is 1. The Morgan fingerprint density at radius 1 is 1.03 bits per heavy atom. The van der Waals surface area contributed by atoms with Crippen molar-refractivity contribution < 1.29 is 14.3 Å². The first kappa shape index (κ1) is 18.4. The lowest BCUT2D eigenvalue weighted by atomic mass is 10.1. The summed E-state index contributed by atoms with van der Waals surface area (Å²) < 4.78 is 5.45. The number of aromatic nitrogens is 1. The van der Waals surface area contributed by atoms with Crippen LogP contribution in [0.5, 0.6) is 0 Å². The van der Waals surface area contributed by atoms with E-state index in [1.807, 2.05) is 36.4 Å². The van der Waals surface area contributed by atoms with E-state index in [1.54, 1.807) is 6.08 Å². The second kappa shape index (κ2) is 7.68. The first-order chi connectivity index (χ1) is 14.7. The lowest BCUT2D eigenvalue weighted by molar-refractivity contribution is -0.111. The molecule has 0 spiro atoms. The topological polar surface area (TPSA) is 90.6 Å².